The summed E-state index contributed by atoms with van der Waals surface area (Å²) >= 11 is 0. The molecule has 0 aromatic heterocycles. The van der Waals surface area contributed by atoms with Crippen molar-refractivity contribution in [2.75, 3.05) is 19.9 Å². The molecule has 4 heteroatoms. The van der Waals surface area contributed by atoms with Crippen LogP contribution in [0.4, 0.5) is 0 Å². The predicted octanol–water partition coefficient (Wildman–Crippen LogP) is 2.39. The van der Waals surface area contributed by atoms with Crippen molar-refractivity contribution >= 4 is 5.91 Å². The summed E-state index contributed by atoms with van der Waals surface area (Å²) < 4.78 is 10.6. The highest BCUT2D eigenvalue weighted by atomic mass is 16.7. The molecule has 18 heavy (non-hydrogen) atoms. The molecule has 0 saturated heterocycles. The van der Waals surface area contributed by atoms with E-state index in [9.17, 15) is 4.79 Å². The van der Waals surface area contributed by atoms with Gasteiger partial charge >= 0.3 is 0 Å². The van der Waals surface area contributed by atoms with Crippen LogP contribution in [0.25, 0.3) is 0 Å². The molecule has 1 unspecified atom stereocenters. The Morgan fingerprint density at radius 3 is 2.61 bits per heavy atom. The van der Waals surface area contributed by atoms with Gasteiger partial charge in [-0.2, -0.15) is 0 Å². The largest absolute Gasteiger partial charge is 0.454 e. The predicted molar refractivity (Wildman–Crippen MR) is 68.9 cm³/mol. The van der Waals surface area contributed by atoms with Gasteiger partial charge in [0.05, 0.1) is 5.92 Å². The van der Waals surface area contributed by atoms with Gasteiger partial charge in [0.25, 0.3) is 0 Å². The molecule has 0 spiro atoms. The summed E-state index contributed by atoms with van der Waals surface area (Å²) in [5, 5.41) is 0. The Bertz CT molecular complexity index is 441. The number of hydrogen-bond donors (Lipinski definition) is 0. The van der Waals surface area contributed by atoms with E-state index in [0.717, 1.165) is 30.2 Å². The topological polar surface area (TPSA) is 38.8 Å². The van der Waals surface area contributed by atoms with Crippen molar-refractivity contribution in [2.45, 2.75) is 26.7 Å². The maximum Gasteiger partial charge on any atom is 0.231 e. The van der Waals surface area contributed by atoms with E-state index >= 15 is 0 Å². The molecule has 1 atom stereocenters. The highest BCUT2D eigenvalue weighted by Gasteiger charge is 2.22. The van der Waals surface area contributed by atoms with E-state index in [1.165, 1.54) is 0 Å². The third-order valence-corrected chi connectivity index (χ3v) is 3.34. The summed E-state index contributed by atoms with van der Waals surface area (Å²) in [6, 6.07) is 5.69. The van der Waals surface area contributed by atoms with Crippen LogP contribution in [0.5, 0.6) is 11.5 Å². The molecule has 1 aliphatic heterocycles. The third-order valence-electron chi connectivity index (χ3n) is 3.34. The number of carbonyl (C=O) groups excluding carboxylic acids is 1. The van der Waals surface area contributed by atoms with Gasteiger partial charge < -0.3 is 14.4 Å². The zero-order chi connectivity index (χ0) is 13.1. The van der Waals surface area contributed by atoms with E-state index in [4.69, 9.17) is 9.47 Å². The number of rotatable bonds is 4. The number of ether oxygens (including phenoxy) is 2. The van der Waals surface area contributed by atoms with Gasteiger partial charge in [-0.25, -0.2) is 0 Å². The first-order chi connectivity index (χ1) is 8.67. The summed E-state index contributed by atoms with van der Waals surface area (Å²) in [6.07, 6.45) is 0. The SMILES string of the molecule is CCN(CC)C(=O)C(C)c1ccc2c(c1)OCO2. The fourth-order valence-electron chi connectivity index (χ4n) is 2.13. The molecule has 0 saturated carbocycles. The molecule has 0 radical (unpaired) electrons. The normalized spacial score (nSPS) is 14.4. The van der Waals surface area contributed by atoms with Gasteiger partial charge in [0.2, 0.25) is 12.7 Å². The van der Waals surface area contributed by atoms with Gasteiger partial charge in [-0.1, -0.05) is 6.07 Å². The van der Waals surface area contributed by atoms with Gasteiger partial charge in [0.1, 0.15) is 0 Å². The van der Waals surface area contributed by atoms with Gasteiger partial charge in [-0.05, 0) is 38.5 Å². The quantitative estimate of drug-likeness (QED) is 0.822. The summed E-state index contributed by atoms with van der Waals surface area (Å²) in [5.41, 5.74) is 0.969. The molecular formula is C14H19NO3. The van der Waals surface area contributed by atoms with E-state index in [1.54, 1.807) is 0 Å². The Hall–Kier alpha value is -1.71. The van der Waals surface area contributed by atoms with E-state index in [-0.39, 0.29) is 18.6 Å². The van der Waals surface area contributed by atoms with Crippen LogP contribution in [0.1, 0.15) is 32.3 Å². The summed E-state index contributed by atoms with van der Waals surface area (Å²) in [6.45, 7) is 7.66. The Morgan fingerprint density at radius 2 is 1.94 bits per heavy atom. The first-order valence-electron chi connectivity index (χ1n) is 6.35. The van der Waals surface area contributed by atoms with Crippen LogP contribution in [0.15, 0.2) is 18.2 Å². The second-order valence-electron chi connectivity index (χ2n) is 4.34. The molecule has 4 nitrogen and oxygen atoms in total. The lowest BCUT2D eigenvalue weighted by molar-refractivity contribution is -0.132. The van der Waals surface area contributed by atoms with Crippen molar-refractivity contribution in [3.8, 4) is 11.5 Å². The number of hydrogen-bond acceptors (Lipinski definition) is 3. The maximum absolute atomic E-state index is 12.3. The van der Waals surface area contributed by atoms with E-state index in [1.807, 2.05) is 43.9 Å². The highest BCUT2D eigenvalue weighted by Crippen LogP contribution is 2.34. The molecule has 1 aromatic carbocycles. The molecule has 1 heterocycles. The second kappa shape index (κ2) is 5.29. The van der Waals surface area contributed by atoms with Crippen LogP contribution in [-0.2, 0) is 4.79 Å². The molecule has 0 aliphatic carbocycles. The molecule has 0 N–H and O–H groups in total. The van der Waals surface area contributed by atoms with Crippen LogP contribution in [-0.4, -0.2) is 30.7 Å². The van der Waals surface area contributed by atoms with Crippen LogP contribution in [0, 0.1) is 0 Å². The van der Waals surface area contributed by atoms with E-state index in [0.29, 0.717) is 0 Å². The number of benzene rings is 1. The Labute approximate surface area is 107 Å². The summed E-state index contributed by atoms with van der Waals surface area (Å²) in [4.78, 5) is 14.1. The van der Waals surface area contributed by atoms with Crippen molar-refractivity contribution in [1.82, 2.24) is 4.90 Å². The van der Waals surface area contributed by atoms with Crippen molar-refractivity contribution in [3.05, 3.63) is 23.8 Å². The third kappa shape index (κ3) is 2.28. The smallest absolute Gasteiger partial charge is 0.231 e. The van der Waals surface area contributed by atoms with Crippen LogP contribution in [0.2, 0.25) is 0 Å². The zero-order valence-corrected chi connectivity index (χ0v) is 11.1. The number of amides is 1. The molecule has 1 aromatic rings. The molecule has 0 bridgehead atoms. The molecular weight excluding hydrogens is 230 g/mol. The number of carbonyl (C=O) groups is 1. The van der Waals surface area contributed by atoms with Gasteiger partial charge in [0.15, 0.2) is 11.5 Å². The first-order valence-corrected chi connectivity index (χ1v) is 6.35. The fraction of sp³-hybridized carbons (Fsp3) is 0.500. The van der Waals surface area contributed by atoms with Gasteiger partial charge in [-0.15, -0.1) is 0 Å². The molecule has 1 aliphatic rings. The molecule has 0 fully saturated rings. The lowest BCUT2D eigenvalue weighted by Crippen LogP contribution is -2.33. The van der Waals surface area contributed by atoms with Crippen LogP contribution in [0.3, 0.4) is 0 Å². The van der Waals surface area contributed by atoms with Crippen molar-refractivity contribution < 1.29 is 14.3 Å². The van der Waals surface area contributed by atoms with Crippen molar-refractivity contribution in [3.63, 3.8) is 0 Å². The van der Waals surface area contributed by atoms with E-state index in [2.05, 4.69) is 0 Å². The Balaban J connectivity index is 2.18. The summed E-state index contributed by atoms with van der Waals surface area (Å²) in [7, 11) is 0. The van der Waals surface area contributed by atoms with E-state index < -0.39 is 0 Å². The Kier molecular flexibility index (Phi) is 3.75. The highest BCUT2D eigenvalue weighted by molar-refractivity contribution is 5.83. The minimum absolute atomic E-state index is 0.152. The second-order valence-corrected chi connectivity index (χ2v) is 4.34. The number of nitrogens with zero attached hydrogens (tertiary/aromatic N) is 1. The van der Waals surface area contributed by atoms with Crippen LogP contribution < -0.4 is 9.47 Å². The minimum Gasteiger partial charge on any atom is -0.454 e. The maximum atomic E-state index is 12.3. The zero-order valence-electron chi connectivity index (χ0n) is 11.1. The lowest BCUT2D eigenvalue weighted by Gasteiger charge is -2.23. The van der Waals surface area contributed by atoms with Gasteiger partial charge in [-0.3, -0.25) is 4.79 Å². The molecule has 98 valence electrons. The lowest BCUT2D eigenvalue weighted by atomic mass is 9.99. The number of likely N-dealkylation sites (N-methyl/N-ethyl adjacent to an activating group) is 1. The average Bonchev–Trinajstić information content (AvgIpc) is 2.86. The average molecular weight is 249 g/mol. The molecule has 1 amide bonds. The van der Waals surface area contributed by atoms with Crippen molar-refractivity contribution in [1.29, 1.82) is 0 Å². The monoisotopic (exact) mass is 249 g/mol. The molecule has 2 rings (SSSR count). The number of fused-ring (bicyclic) bond motifs is 1. The fourth-order valence-corrected chi connectivity index (χ4v) is 2.13. The first kappa shape index (κ1) is 12.7. The van der Waals surface area contributed by atoms with Gasteiger partial charge in [0, 0.05) is 13.1 Å². The minimum atomic E-state index is -0.153. The standard InChI is InChI=1S/C14H19NO3/c1-4-15(5-2)14(16)10(3)11-6-7-12-13(8-11)18-9-17-12/h6-8,10H,4-5,9H2,1-3H3. The van der Waals surface area contributed by atoms with Crippen molar-refractivity contribution in [2.24, 2.45) is 0 Å². The van der Waals surface area contributed by atoms with Crippen LogP contribution >= 0.6 is 0 Å². The summed E-state index contributed by atoms with van der Waals surface area (Å²) in [5.74, 6) is 1.48. The Morgan fingerprint density at radius 1 is 1.28 bits per heavy atom.